The van der Waals surface area contributed by atoms with Crippen LogP contribution >= 0.6 is 15.9 Å². The molecule has 0 spiro atoms. The van der Waals surface area contributed by atoms with Crippen molar-refractivity contribution in [2.75, 3.05) is 6.54 Å². The Bertz CT molecular complexity index is 370. The average Bonchev–Trinajstić information content (AvgIpc) is 2.25. The SMILES string of the molecule is C[C@H](NCC(N)C(N)=O)c1cccc(Br)c1. The Hall–Kier alpha value is -0.910. The lowest BCUT2D eigenvalue weighted by Crippen LogP contribution is -2.44. The molecule has 16 heavy (non-hydrogen) atoms. The minimum atomic E-state index is -0.644. The third kappa shape index (κ3) is 3.92. The summed E-state index contributed by atoms with van der Waals surface area (Å²) in [6.45, 7) is 2.39. The van der Waals surface area contributed by atoms with Crippen LogP contribution in [0.2, 0.25) is 0 Å². The highest BCUT2D eigenvalue weighted by Gasteiger charge is 2.11. The molecule has 0 radical (unpaired) electrons. The smallest absolute Gasteiger partial charge is 0.235 e. The number of nitrogens with two attached hydrogens (primary N) is 2. The number of hydrogen-bond donors (Lipinski definition) is 3. The molecule has 0 aliphatic rings. The summed E-state index contributed by atoms with van der Waals surface area (Å²) in [7, 11) is 0. The highest BCUT2D eigenvalue weighted by Crippen LogP contribution is 2.17. The van der Waals surface area contributed by atoms with Gasteiger partial charge in [0, 0.05) is 17.1 Å². The van der Waals surface area contributed by atoms with E-state index in [-0.39, 0.29) is 6.04 Å². The number of benzene rings is 1. The van der Waals surface area contributed by atoms with Gasteiger partial charge in [0.25, 0.3) is 0 Å². The molecule has 1 aromatic carbocycles. The second kappa shape index (κ2) is 5.98. The average molecular weight is 286 g/mol. The second-order valence-corrected chi connectivity index (χ2v) is 4.61. The lowest BCUT2D eigenvalue weighted by atomic mass is 10.1. The third-order valence-electron chi connectivity index (χ3n) is 2.36. The Balaban J connectivity index is 2.52. The van der Waals surface area contributed by atoms with Crippen LogP contribution in [0, 0.1) is 0 Å². The van der Waals surface area contributed by atoms with Gasteiger partial charge in [-0.3, -0.25) is 4.79 Å². The number of primary amides is 1. The first-order valence-corrected chi connectivity index (χ1v) is 5.83. The Morgan fingerprint density at radius 3 is 2.81 bits per heavy atom. The van der Waals surface area contributed by atoms with Gasteiger partial charge in [-0.25, -0.2) is 0 Å². The molecule has 0 aromatic heterocycles. The first-order chi connectivity index (χ1) is 7.50. The fourth-order valence-electron chi connectivity index (χ4n) is 1.30. The summed E-state index contributed by atoms with van der Waals surface area (Å²) in [6.07, 6.45) is 0. The number of amides is 1. The molecule has 1 aromatic rings. The van der Waals surface area contributed by atoms with Crippen LogP contribution in [0.1, 0.15) is 18.5 Å². The predicted octanol–water partition coefficient (Wildman–Crippen LogP) is 0.912. The van der Waals surface area contributed by atoms with E-state index in [1.807, 2.05) is 31.2 Å². The fraction of sp³-hybridized carbons (Fsp3) is 0.364. The summed E-state index contributed by atoms with van der Waals surface area (Å²) in [5.41, 5.74) is 11.7. The third-order valence-corrected chi connectivity index (χ3v) is 2.85. The Morgan fingerprint density at radius 2 is 2.25 bits per heavy atom. The van der Waals surface area contributed by atoms with Crippen molar-refractivity contribution in [3.63, 3.8) is 0 Å². The predicted molar refractivity (Wildman–Crippen MR) is 67.7 cm³/mol. The van der Waals surface area contributed by atoms with Crippen molar-refractivity contribution in [3.05, 3.63) is 34.3 Å². The van der Waals surface area contributed by atoms with Gasteiger partial charge in [0.1, 0.15) is 0 Å². The molecular weight excluding hydrogens is 270 g/mol. The van der Waals surface area contributed by atoms with Crippen LogP contribution in [0.4, 0.5) is 0 Å². The van der Waals surface area contributed by atoms with E-state index in [0.717, 1.165) is 10.0 Å². The Kier molecular flexibility index (Phi) is 4.92. The molecule has 5 heteroatoms. The van der Waals surface area contributed by atoms with E-state index in [1.54, 1.807) is 0 Å². The van der Waals surface area contributed by atoms with Gasteiger partial charge in [0.15, 0.2) is 0 Å². The monoisotopic (exact) mass is 285 g/mol. The summed E-state index contributed by atoms with van der Waals surface area (Å²) in [6, 6.07) is 7.44. The van der Waals surface area contributed by atoms with Gasteiger partial charge < -0.3 is 16.8 Å². The number of carbonyl (C=O) groups is 1. The number of rotatable bonds is 5. The van der Waals surface area contributed by atoms with Gasteiger partial charge >= 0.3 is 0 Å². The van der Waals surface area contributed by atoms with Crippen LogP contribution in [0.5, 0.6) is 0 Å². The minimum absolute atomic E-state index is 0.128. The number of halogens is 1. The van der Waals surface area contributed by atoms with E-state index >= 15 is 0 Å². The minimum Gasteiger partial charge on any atom is -0.368 e. The van der Waals surface area contributed by atoms with Crippen molar-refractivity contribution in [1.29, 1.82) is 0 Å². The number of carbonyl (C=O) groups excluding carboxylic acids is 1. The molecule has 0 heterocycles. The molecule has 0 aliphatic heterocycles. The summed E-state index contributed by atoms with van der Waals surface area (Å²) in [4.78, 5) is 10.8. The summed E-state index contributed by atoms with van der Waals surface area (Å²) < 4.78 is 1.03. The lowest BCUT2D eigenvalue weighted by Gasteiger charge is -2.16. The van der Waals surface area contributed by atoms with Crippen molar-refractivity contribution < 1.29 is 4.79 Å². The van der Waals surface area contributed by atoms with Gasteiger partial charge in [0.2, 0.25) is 5.91 Å². The summed E-state index contributed by atoms with van der Waals surface area (Å²) >= 11 is 3.41. The highest BCUT2D eigenvalue weighted by atomic mass is 79.9. The molecule has 2 atom stereocenters. The quantitative estimate of drug-likeness (QED) is 0.752. The lowest BCUT2D eigenvalue weighted by molar-refractivity contribution is -0.119. The molecule has 0 saturated heterocycles. The van der Waals surface area contributed by atoms with Crippen LogP contribution in [0.15, 0.2) is 28.7 Å². The Morgan fingerprint density at radius 1 is 1.56 bits per heavy atom. The molecule has 1 rings (SSSR count). The van der Waals surface area contributed by atoms with Crippen molar-refractivity contribution in [3.8, 4) is 0 Å². The van der Waals surface area contributed by atoms with Crippen molar-refractivity contribution in [1.82, 2.24) is 5.32 Å². The molecule has 1 unspecified atom stereocenters. The molecule has 0 bridgehead atoms. The normalized spacial score (nSPS) is 14.4. The van der Waals surface area contributed by atoms with E-state index in [1.165, 1.54) is 0 Å². The largest absolute Gasteiger partial charge is 0.368 e. The molecule has 5 N–H and O–H groups in total. The van der Waals surface area contributed by atoms with Crippen molar-refractivity contribution >= 4 is 21.8 Å². The van der Waals surface area contributed by atoms with E-state index in [0.29, 0.717) is 6.54 Å². The zero-order chi connectivity index (χ0) is 12.1. The molecule has 88 valence electrons. The van der Waals surface area contributed by atoms with Crippen LogP contribution in [-0.4, -0.2) is 18.5 Å². The van der Waals surface area contributed by atoms with Gasteiger partial charge in [-0.1, -0.05) is 28.1 Å². The number of nitrogens with one attached hydrogen (secondary N) is 1. The second-order valence-electron chi connectivity index (χ2n) is 3.69. The molecule has 4 nitrogen and oxygen atoms in total. The molecule has 0 aliphatic carbocycles. The van der Waals surface area contributed by atoms with Gasteiger partial charge in [-0.05, 0) is 24.6 Å². The van der Waals surface area contributed by atoms with E-state index < -0.39 is 11.9 Å². The molecule has 1 amide bonds. The first-order valence-electron chi connectivity index (χ1n) is 5.04. The first kappa shape index (κ1) is 13.2. The maximum absolute atomic E-state index is 10.8. The van der Waals surface area contributed by atoms with Gasteiger partial charge in [0.05, 0.1) is 6.04 Å². The maximum atomic E-state index is 10.8. The molecule has 0 saturated carbocycles. The van der Waals surface area contributed by atoms with E-state index in [2.05, 4.69) is 21.2 Å². The summed E-state index contributed by atoms with van der Waals surface area (Å²) in [5, 5.41) is 3.16. The number of hydrogen-bond acceptors (Lipinski definition) is 3. The van der Waals surface area contributed by atoms with Crippen LogP contribution < -0.4 is 16.8 Å². The van der Waals surface area contributed by atoms with Crippen LogP contribution in [0.25, 0.3) is 0 Å². The maximum Gasteiger partial charge on any atom is 0.235 e. The van der Waals surface area contributed by atoms with Crippen LogP contribution in [0.3, 0.4) is 0 Å². The summed E-state index contributed by atoms with van der Waals surface area (Å²) in [5.74, 6) is -0.492. The zero-order valence-electron chi connectivity index (χ0n) is 9.11. The topological polar surface area (TPSA) is 81.1 Å². The van der Waals surface area contributed by atoms with E-state index in [4.69, 9.17) is 11.5 Å². The van der Waals surface area contributed by atoms with Crippen molar-refractivity contribution in [2.24, 2.45) is 11.5 Å². The van der Waals surface area contributed by atoms with Gasteiger partial charge in [-0.2, -0.15) is 0 Å². The molecular formula is C11H16BrN3O. The van der Waals surface area contributed by atoms with Gasteiger partial charge in [-0.15, -0.1) is 0 Å². The highest BCUT2D eigenvalue weighted by molar-refractivity contribution is 9.10. The van der Waals surface area contributed by atoms with Crippen LogP contribution in [-0.2, 0) is 4.79 Å². The molecule has 0 fully saturated rings. The zero-order valence-corrected chi connectivity index (χ0v) is 10.7. The van der Waals surface area contributed by atoms with E-state index in [9.17, 15) is 4.79 Å². The standard InChI is InChI=1S/C11H16BrN3O/c1-7(15-6-10(13)11(14)16)8-3-2-4-9(12)5-8/h2-5,7,10,15H,6,13H2,1H3,(H2,14,16)/t7-,10?/m0/s1. The fourth-order valence-corrected chi connectivity index (χ4v) is 1.72. The van der Waals surface area contributed by atoms with Crippen molar-refractivity contribution in [2.45, 2.75) is 19.0 Å². The Labute approximate surface area is 104 Å².